The van der Waals surface area contributed by atoms with E-state index >= 15 is 0 Å². The van der Waals surface area contributed by atoms with Gasteiger partial charge in [-0.2, -0.15) is 0 Å². The SMILES string of the molecule is CC(O)[C@@]12C=C[C@@](COC(=O)C(C)(C)Br)(O1)[C@@H]1C(=O)N(CCOC(=O)C(C)(C)Br)C(=O)[C@@H]12. The lowest BCUT2D eigenvalue weighted by atomic mass is 9.70. The molecule has 0 aromatic carbocycles. The van der Waals surface area contributed by atoms with Crippen molar-refractivity contribution in [2.75, 3.05) is 19.8 Å². The maximum atomic E-state index is 13.3. The molecular formula is C21H27Br2NO8. The van der Waals surface area contributed by atoms with Gasteiger partial charge >= 0.3 is 11.9 Å². The third-order valence-electron chi connectivity index (χ3n) is 6.00. The molecule has 1 N–H and O–H groups in total. The number of likely N-dealkylation sites (tertiary alicyclic amines) is 1. The van der Waals surface area contributed by atoms with Crippen molar-refractivity contribution in [1.29, 1.82) is 0 Å². The van der Waals surface area contributed by atoms with E-state index in [1.165, 1.54) is 6.92 Å². The maximum absolute atomic E-state index is 13.3. The first kappa shape index (κ1) is 25.3. The summed E-state index contributed by atoms with van der Waals surface area (Å²) >= 11 is 6.43. The summed E-state index contributed by atoms with van der Waals surface area (Å²) in [6.45, 7) is 7.40. The summed E-state index contributed by atoms with van der Waals surface area (Å²) in [6, 6.07) is 0. The van der Waals surface area contributed by atoms with Crippen molar-refractivity contribution in [2.45, 2.75) is 60.6 Å². The quantitative estimate of drug-likeness (QED) is 0.198. The molecule has 2 fully saturated rings. The molecule has 2 bridgehead atoms. The van der Waals surface area contributed by atoms with Crippen molar-refractivity contribution in [3.8, 4) is 0 Å². The van der Waals surface area contributed by atoms with Gasteiger partial charge in [0.15, 0.2) is 0 Å². The molecule has 0 aliphatic carbocycles. The second kappa shape index (κ2) is 8.18. The van der Waals surface area contributed by atoms with E-state index in [0.717, 1.165) is 4.90 Å². The van der Waals surface area contributed by atoms with Gasteiger partial charge in [-0.1, -0.05) is 37.9 Å². The highest BCUT2D eigenvalue weighted by Gasteiger charge is 2.75. The topological polar surface area (TPSA) is 119 Å². The fraction of sp³-hybridized carbons (Fsp3) is 0.714. The van der Waals surface area contributed by atoms with Crippen molar-refractivity contribution in [3.63, 3.8) is 0 Å². The number of ether oxygens (including phenoxy) is 3. The summed E-state index contributed by atoms with van der Waals surface area (Å²) in [7, 11) is 0. The zero-order valence-electron chi connectivity index (χ0n) is 18.5. The first-order chi connectivity index (χ1) is 14.6. The molecule has 32 heavy (non-hydrogen) atoms. The van der Waals surface area contributed by atoms with E-state index in [1.54, 1.807) is 39.8 Å². The van der Waals surface area contributed by atoms with Gasteiger partial charge in [0.1, 0.15) is 33.1 Å². The summed E-state index contributed by atoms with van der Waals surface area (Å²) in [6.07, 6.45) is 2.08. The van der Waals surface area contributed by atoms with Crippen molar-refractivity contribution < 1.29 is 38.5 Å². The Bertz CT molecular complexity index is 874. The van der Waals surface area contributed by atoms with Crippen LogP contribution in [0.15, 0.2) is 12.2 Å². The van der Waals surface area contributed by atoms with Crippen LogP contribution in [0.4, 0.5) is 0 Å². The molecule has 0 aromatic heterocycles. The first-order valence-corrected chi connectivity index (χ1v) is 11.8. The Kier molecular flexibility index (Phi) is 6.47. The normalized spacial score (nSPS) is 32.3. The number of hydrogen-bond acceptors (Lipinski definition) is 8. The fourth-order valence-corrected chi connectivity index (χ4v) is 4.53. The van der Waals surface area contributed by atoms with E-state index in [9.17, 15) is 24.3 Å². The maximum Gasteiger partial charge on any atom is 0.322 e. The molecule has 9 nitrogen and oxygen atoms in total. The molecular weight excluding hydrogens is 554 g/mol. The minimum atomic E-state index is -1.41. The predicted octanol–water partition coefficient (Wildman–Crippen LogP) is 1.48. The number of rotatable bonds is 8. The largest absolute Gasteiger partial charge is 0.463 e. The summed E-state index contributed by atoms with van der Waals surface area (Å²) in [5.41, 5.74) is -2.78. The number of alkyl halides is 2. The van der Waals surface area contributed by atoms with Crippen LogP contribution in [0, 0.1) is 11.8 Å². The lowest BCUT2D eigenvalue weighted by molar-refractivity contribution is -0.168. The zero-order valence-corrected chi connectivity index (χ0v) is 21.7. The molecule has 2 amide bonds. The Hall–Kier alpha value is -1.30. The van der Waals surface area contributed by atoms with Crippen LogP contribution in [0.2, 0.25) is 0 Å². The van der Waals surface area contributed by atoms with Crippen molar-refractivity contribution in [1.82, 2.24) is 4.90 Å². The Labute approximate surface area is 203 Å². The summed E-state index contributed by atoms with van der Waals surface area (Å²) in [5.74, 6) is -4.06. The van der Waals surface area contributed by atoms with Crippen molar-refractivity contribution in [2.24, 2.45) is 11.8 Å². The molecule has 3 rings (SSSR count). The summed E-state index contributed by atoms with van der Waals surface area (Å²) in [4.78, 5) is 51.8. The van der Waals surface area contributed by atoms with Gasteiger partial charge in [-0.05, 0) is 40.7 Å². The van der Waals surface area contributed by atoms with Crippen molar-refractivity contribution in [3.05, 3.63) is 12.2 Å². The lowest BCUT2D eigenvalue weighted by Gasteiger charge is -2.32. The van der Waals surface area contributed by atoms with E-state index in [0.29, 0.717) is 0 Å². The average molecular weight is 581 g/mol. The molecule has 3 heterocycles. The molecule has 2 saturated heterocycles. The number of hydrogen-bond donors (Lipinski definition) is 1. The number of aliphatic hydroxyl groups is 1. The van der Waals surface area contributed by atoms with Crippen LogP contribution in [0.3, 0.4) is 0 Å². The second-order valence-electron chi connectivity index (χ2n) is 9.36. The van der Waals surface area contributed by atoms with Gasteiger partial charge in [-0.25, -0.2) is 0 Å². The van der Waals surface area contributed by atoms with Crippen LogP contribution in [-0.4, -0.2) is 79.5 Å². The van der Waals surface area contributed by atoms with Gasteiger partial charge in [0.05, 0.1) is 24.5 Å². The molecule has 1 unspecified atom stereocenters. The molecule has 0 aromatic rings. The van der Waals surface area contributed by atoms with Gasteiger partial charge in [0.25, 0.3) is 0 Å². The van der Waals surface area contributed by atoms with Gasteiger partial charge in [-0.3, -0.25) is 24.1 Å². The van der Waals surface area contributed by atoms with Gasteiger partial charge in [0.2, 0.25) is 11.8 Å². The molecule has 5 atom stereocenters. The summed E-state index contributed by atoms with van der Waals surface area (Å²) < 4.78 is 14.8. The predicted molar refractivity (Wildman–Crippen MR) is 119 cm³/mol. The molecule has 178 valence electrons. The standard InChI is InChI=1S/C21H27Br2NO8/c1-11(25)21-7-6-20(32-21,10-31-17(29)19(4,5)23)12-13(21)15(27)24(14(12)26)8-9-30-16(28)18(2,3)22/h6-7,11-13,25H,8-10H2,1-5H3/t11?,12-,13+,20-,21+/m0/s1. The number of fused-ring (bicyclic) bond motifs is 5. The summed E-state index contributed by atoms with van der Waals surface area (Å²) in [5, 5.41) is 10.5. The van der Waals surface area contributed by atoms with Crippen LogP contribution >= 0.6 is 31.9 Å². The highest BCUT2D eigenvalue weighted by atomic mass is 79.9. The van der Waals surface area contributed by atoms with E-state index < -0.39 is 61.5 Å². The number of esters is 2. The van der Waals surface area contributed by atoms with Gasteiger partial charge in [-0.15, -0.1) is 0 Å². The lowest BCUT2D eigenvalue weighted by Crippen LogP contribution is -2.48. The molecule has 0 saturated carbocycles. The molecule has 3 aliphatic heterocycles. The third kappa shape index (κ3) is 4.05. The van der Waals surface area contributed by atoms with Gasteiger partial charge in [0, 0.05) is 0 Å². The zero-order chi connectivity index (χ0) is 24.3. The van der Waals surface area contributed by atoms with E-state index in [2.05, 4.69) is 31.9 Å². The Morgan fingerprint density at radius 3 is 2.16 bits per heavy atom. The number of imide groups is 1. The van der Waals surface area contributed by atoms with Crippen LogP contribution in [0.25, 0.3) is 0 Å². The number of carbonyl (C=O) groups excluding carboxylic acids is 4. The average Bonchev–Trinajstić information content (AvgIpc) is 3.28. The Morgan fingerprint density at radius 1 is 1.09 bits per heavy atom. The Morgan fingerprint density at radius 2 is 1.62 bits per heavy atom. The van der Waals surface area contributed by atoms with E-state index in [1.807, 2.05) is 0 Å². The van der Waals surface area contributed by atoms with E-state index in [4.69, 9.17) is 14.2 Å². The highest BCUT2D eigenvalue weighted by molar-refractivity contribution is 9.10. The van der Waals surface area contributed by atoms with Gasteiger partial charge < -0.3 is 19.3 Å². The van der Waals surface area contributed by atoms with Crippen molar-refractivity contribution >= 4 is 55.6 Å². The van der Waals surface area contributed by atoms with Crippen LogP contribution < -0.4 is 0 Å². The number of halogens is 2. The van der Waals surface area contributed by atoms with Crippen LogP contribution in [0.1, 0.15) is 34.6 Å². The Balaban J connectivity index is 1.82. The van der Waals surface area contributed by atoms with Crippen LogP contribution in [0.5, 0.6) is 0 Å². The highest BCUT2D eigenvalue weighted by Crippen LogP contribution is 2.58. The molecule has 0 radical (unpaired) electrons. The minimum absolute atomic E-state index is 0.125. The molecule has 3 aliphatic rings. The number of aliphatic hydroxyl groups excluding tert-OH is 1. The molecule has 0 spiro atoms. The number of carbonyl (C=O) groups is 4. The van der Waals surface area contributed by atoms with E-state index in [-0.39, 0.29) is 19.8 Å². The van der Waals surface area contributed by atoms with Crippen LogP contribution in [-0.2, 0) is 33.4 Å². The number of nitrogens with zero attached hydrogens (tertiary/aromatic N) is 1. The third-order valence-corrected chi connectivity index (χ3v) is 6.65. The number of amides is 2. The monoisotopic (exact) mass is 579 g/mol. The smallest absolute Gasteiger partial charge is 0.322 e. The molecule has 11 heteroatoms. The first-order valence-electron chi connectivity index (χ1n) is 10.2. The fourth-order valence-electron chi connectivity index (χ4n) is 4.30. The second-order valence-corrected chi connectivity index (χ2v) is 13.3. The minimum Gasteiger partial charge on any atom is -0.463 e.